The lowest BCUT2D eigenvalue weighted by atomic mass is 9.97. The van der Waals surface area contributed by atoms with Gasteiger partial charge in [0.1, 0.15) is 0 Å². The summed E-state index contributed by atoms with van der Waals surface area (Å²) in [5.74, 6) is 0.0574. The molecule has 1 atom stereocenters. The molecule has 0 aliphatic carbocycles. The summed E-state index contributed by atoms with van der Waals surface area (Å²) >= 11 is 1.80. The van der Waals surface area contributed by atoms with Crippen LogP contribution in [0.3, 0.4) is 0 Å². The number of aryl methyl sites for hydroxylation is 1. The average molecular weight is 352 g/mol. The zero-order valence-electron chi connectivity index (χ0n) is 14.3. The Hall–Kier alpha value is -2.47. The predicted molar refractivity (Wildman–Crippen MR) is 98.5 cm³/mol. The minimum Gasteiger partial charge on any atom is -0.331 e. The van der Waals surface area contributed by atoms with Crippen molar-refractivity contribution in [3.8, 4) is 11.1 Å². The third-order valence-corrected chi connectivity index (χ3v) is 5.76. The molecule has 6 heteroatoms. The van der Waals surface area contributed by atoms with E-state index in [9.17, 15) is 4.79 Å². The maximum Gasteiger partial charge on any atom is 0.255 e. The Labute approximate surface area is 150 Å². The maximum atomic E-state index is 13.2. The monoisotopic (exact) mass is 352 g/mol. The molecule has 4 rings (SSSR count). The van der Waals surface area contributed by atoms with Crippen molar-refractivity contribution in [1.29, 1.82) is 0 Å². The van der Waals surface area contributed by atoms with Crippen molar-refractivity contribution in [1.82, 2.24) is 19.7 Å². The second-order valence-corrected chi connectivity index (χ2v) is 7.34. The van der Waals surface area contributed by atoms with Crippen LogP contribution in [0.25, 0.3) is 11.1 Å². The van der Waals surface area contributed by atoms with Crippen molar-refractivity contribution in [3.63, 3.8) is 0 Å². The number of thiophene rings is 1. The number of nitrogens with zero attached hydrogens (tertiary/aromatic N) is 4. The van der Waals surface area contributed by atoms with Crippen molar-refractivity contribution in [3.05, 3.63) is 58.3 Å². The number of hydrogen-bond donors (Lipinski definition) is 0. The second-order valence-electron chi connectivity index (χ2n) is 6.34. The molecule has 1 amide bonds. The van der Waals surface area contributed by atoms with E-state index in [1.165, 1.54) is 10.4 Å². The van der Waals surface area contributed by atoms with Gasteiger partial charge in [0, 0.05) is 48.2 Å². The van der Waals surface area contributed by atoms with E-state index in [0.717, 1.165) is 30.5 Å². The molecule has 1 aliphatic rings. The fourth-order valence-electron chi connectivity index (χ4n) is 3.53. The lowest BCUT2D eigenvalue weighted by Gasteiger charge is -2.35. The standard InChI is InChI=1S/C19H20N4OS/c1-3-17-16-5-7-25-18(16)4-6-23(17)19(24)14-8-13(9-20-10-14)15-11-21-22(2)12-15/h5,7-12,17H,3-4,6H2,1-2H3/t17-/m0/s1. The van der Waals surface area contributed by atoms with Gasteiger partial charge in [-0.3, -0.25) is 14.5 Å². The molecule has 3 aromatic rings. The third kappa shape index (κ3) is 2.87. The van der Waals surface area contributed by atoms with Crippen molar-refractivity contribution in [2.45, 2.75) is 25.8 Å². The zero-order chi connectivity index (χ0) is 17.4. The molecule has 3 aromatic heterocycles. The minimum absolute atomic E-state index is 0.0574. The van der Waals surface area contributed by atoms with Crippen LogP contribution < -0.4 is 0 Å². The third-order valence-electron chi connectivity index (χ3n) is 4.77. The molecule has 4 heterocycles. The lowest BCUT2D eigenvalue weighted by molar-refractivity contribution is 0.0657. The van der Waals surface area contributed by atoms with E-state index in [4.69, 9.17) is 0 Å². The van der Waals surface area contributed by atoms with E-state index in [1.54, 1.807) is 34.6 Å². The van der Waals surface area contributed by atoms with Crippen LogP contribution >= 0.6 is 11.3 Å². The lowest BCUT2D eigenvalue weighted by Crippen LogP contribution is -2.39. The van der Waals surface area contributed by atoms with E-state index in [1.807, 2.05) is 24.2 Å². The van der Waals surface area contributed by atoms with Gasteiger partial charge in [0.05, 0.1) is 17.8 Å². The van der Waals surface area contributed by atoms with E-state index >= 15 is 0 Å². The van der Waals surface area contributed by atoms with Crippen molar-refractivity contribution >= 4 is 17.2 Å². The first-order valence-corrected chi connectivity index (χ1v) is 9.36. The Morgan fingerprint density at radius 2 is 2.20 bits per heavy atom. The normalized spacial score (nSPS) is 16.7. The molecule has 1 aliphatic heterocycles. The number of rotatable bonds is 3. The van der Waals surface area contributed by atoms with Gasteiger partial charge in [0.25, 0.3) is 5.91 Å². The van der Waals surface area contributed by atoms with Crippen LogP contribution in [-0.2, 0) is 13.5 Å². The van der Waals surface area contributed by atoms with Gasteiger partial charge >= 0.3 is 0 Å². The van der Waals surface area contributed by atoms with Crippen LogP contribution in [0, 0.1) is 0 Å². The van der Waals surface area contributed by atoms with Gasteiger partial charge in [-0.2, -0.15) is 5.10 Å². The molecule has 128 valence electrons. The summed E-state index contributed by atoms with van der Waals surface area (Å²) in [7, 11) is 1.88. The SMILES string of the molecule is CC[C@H]1c2ccsc2CCN1C(=O)c1cncc(-c2cnn(C)c2)c1. The maximum absolute atomic E-state index is 13.2. The van der Waals surface area contributed by atoms with Gasteiger partial charge in [-0.15, -0.1) is 11.3 Å². The van der Waals surface area contributed by atoms with Gasteiger partial charge in [0.15, 0.2) is 0 Å². The fourth-order valence-corrected chi connectivity index (χ4v) is 4.46. The number of carbonyl (C=O) groups excluding carboxylic acids is 1. The molecule has 0 spiro atoms. The fraction of sp³-hybridized carbons (Fsp3) is 0.316. The van der Waals surface area contributed by atoms with Crippen LogP contribution in [0.2, 0.25) is 0 Å². The van der Waals surface area contributed by atoms with E-state index < -0.39 is 0 Å². The van der Waals surface area contributed by atoms with Crippen molar-refractivity contribution in [2.24, 2.45) is 7.05 Å². The Balaban J connectivity index is 1.65. The van der Waals surface area contributed by atoms with Crippen LogP contribution in [0.1, 0.15) is 40.2 Å². The highest BCUT2D eigenvalue weighted by Gasteiger charge is 2.31. The molecule has 0 fully saturated rings. The van der Waals surface area contributed by atoms with E-state index in [0.29, 0.717) is 5.56 Å². The van der Waals surface area contributed by atoms with Gasteiger partial charge in [-0.05, 0) is 35.9 Å². The topological polar surface area (TPSA) is 51.0 Å². The number of carbonyl (C=O) groups is 1. The summed E-state index contributed by atoms with van der Waals surface area (Å²) in [6.07, 6.45) is 9.02. The van der Waals surface area contributed by atoms with Gasteiger partial charge in [0.2, 0.25) is 0 Å². The molecule has 0 bridgehead atoms. The summed E-state index contributed by atoms with van der Waals surface area (Å²) in [6, 6.07) is 4.24. The first-order valence-electron chi connectivity index (χ1n) is 8.48. The Bertz CT molecular complexity index is 914. The Morgan fingerprint density at radius 3 is 2.96 bits per heavy atom. The van der Waals surface area contributed by atoms with Crippen LogP contribution in [-0.4, -0.2) is 32.1 Å². The summed E-state index contributed by atoms with van der Waals surface area (Å²) in [4.78, 5) is 20.9. The number of pyridine rings is 1. The Kier molecular flexibility index (Phi) is 4.13. The summed E-state index contributed by atoms with van der Waals surface area (Å²) < 4.78 is 1.75. The highest BCUT2D eigenvalue weighted by atomic mass is 32.1. The first-order chi connectivity index (χ1) is 12.2. The average Bonchev–Trinajstić information content (AvgIpc) is 3.29. The van der Waals surface area contributed by atoms with Crippen LogP contribution in [0.5, 0.6) is 0 Å². The van der Waals surface area contributed by atoms with Gasteiger partial charge in [-0.1, -0.05) is 6.92 Å². The highest BCUT2D eigenvalue weighted by Crippen LogP contribution is 2.36. The first kappa shape index (κ1) is 16.0. The molecule has 5 nitrogen and oxygen atoms in total. The van der Waals surface area contributed by atoms with Crippen LogP contribution in [0.15, 0.2) is 42.3 Å². The minimum atomic E-state index is 0.0574. The number of amides is 1. The summed E-state index contributed by atoms with van der Waals surface area (Å²) in [5, 5.41) is 6.33. The predicted octanol–water partition coefficient (Wildman–Crippen LogP) is 3.69. The van der Waals surface area contributed by atoms with E-state index in [2.05, 4.69) is 28.5 Å². The molecule has 0 N–H and O–H groups in total. The molecular formula is C19H20N4OS. The van der Waals surface area contributed by atoms with Crippen molar-refractivity contribution < 1.29 is 4.79 Å². The molecule has 0 aromatic carbocycles. The summed E-state index contributed by atoms with van der Waals surface area (Å²) in [6.45, 7) is 2.91. The van der Waals surface area contributed by atoms with E-state index in [-0.39, 0.29) is 11.9 Å². The molecule has 0 saturated heterocycles. The molecule has 25 heavy (non-hydrogen) atoms. The number of fused-ring (bicyclic) bond motifs is 1. The largest absolute Gasteiger partial charge is 0.331 e. The zero-order valence-corrected chi connectivity index (χ0v) is 15.2. The molecular weight excluding hydrogens is 332 g/mol. The van der Waals surface area contributed by atoms with Gasteiger partial charge in [-0.25, -0.2) is 0 Å². The quantitative estimate of drug-likeness (QED) is 0.722. The number of aromatic nitrogens is 3. The summed E-state index contributed by atoms with van der Waals surface area (Å²) in [5.41, 5.74) is 3.83. The second kappa shape index (κ2) is 6.44. The van der Waals surface area contributed by atoms with Gasteiger partial charge < -0.3 is 4.90 Å². The molecule has 0 unspecified atom stereocenters. The smallest absolute Gasteiger partial charge is 0.255 e. The van der Waals surface area contributed by atoms with Crippen LogP contribution in [0.4, 0.5) is 0 Å². The number of hydrogen-bond acceptors (Lipinski definition) is 4. The van der Waals surface area contributed by atoms with Crippen molar-refractivity contribution in [2.75, 3.05) is 6.54 Å². The molecule has 0 saturated carbocycles. The molecule has 0 radical (unpaired) electrons. The highest BCUT2D eigenvalue weighted by molar-refractivity contribution is 7.10. The Morgan fingerprint density at radius 1 is 1.32 bits per heavy atom.